The molecule has 0 fully saturated rings. The van der Waals surface area contributed by atoms with Crippen molar-refractivity contribution in [1.82, 2.24) is 15.6 Å². The fraction of sp³-hybridized carbons (Fsp3) is 0.571. The van der Waals surface area contributed by atoms with Gasteiger partial charge in [-0.05, 0) is 24.5 Å². The van der Waals surface area contributed by atoms with Gasteiger partial charge in [0.25, 0.3) is 0 Å². The fourth-order valence-corrected chi connectivity index (χ4v) is 2.35. The number of aromatic nitrogens is 1. The molecule has 0 saturated carbocycles. The van der Waals surface area contributed by atoms with E-state index in [0.29, 0.717) is 32.2 Å². The molecule has 2 rings (SSSR count). The quantitative estimate of drug-likeness (QED) is 0.715. The van der Waals surface area contributed by atoms with Crippen LogP contribution in [0.25, 0.3) is 0 Å². The predicted octanol–water partition coefficient (Wildman–Crippen LogP) is 0.811. The van der Waals surface area contributed by atoms with Crippen LogP contribution in [0.4, 0.5) is 0 Å². The van der Waals surface area contributed by atoms with E-state index in [4.69, 9.17) is 4.74 Å². The van der Waals surface area contributed by atoms with Gasteiger partial charge in [-0.3, -0.25) is 9.78 Å². The number of aryl methyl sites for hydroxylation is 1. The molecule has 2 N–H and O–H groups in total. The molecule has 1 atom stereocenters. The number of hydrogen-bond acceptors (Lipinski definition) is 4. The number of amides is 1. The van der Waals surface area contributed by atoms with Crippen LogP contribution in [-0.4, -0.2) is 37.7 Å². The monoisotopic (exact) mass is 263 g/mol. The molecule has 5 heteroatoms. The minimum atomic E-state index is 0.0591. The van der Waals surface area contributed by atoms with E-state index >= 15 is 0 Å². The molecule has 104 valence electrons. The second-order valence-electron chi connectivity index (χ2n) is 4.69. The summed E-state index contributed by atoms with van der Waals surface area (Å²) in [5.41, 5.74) is 2.46. The lowest BCUT2D eigenvalue weighted by Gasteiger charge is -2.12. The zero-order chi connectivity index (χ0) is 13.5. The zero-order valence-corrected chi connectivity index (χ0v) is 11.3. The summed E-state index contributed by atoms with van der Waals surface area (Å²) in [6.07, 6.45) is 4.46. The molecule has 1 heterocycles. The van der Waals surface area contributed by atoms with Gasteiger partial charge < -0.3 is 15.4 Å². The topological polar surface area (TPSA) is 63.2 Å². The molecule has 1 aromatic rings. The Morgan fingerprint density at radius 2 is 2.42 bits per heavy atom. The van der Waals surface area contributed by atoms with Gasteiger partial charge in [0.1, 0.15) is 0 Å². The van der Waals surface area contributed by atoms with Crippen LogP contribution >= 0.6 is 0 Å². The summed E-state index contributed by atoms with van der Waals surface area (Å²) in [4.78, 5) is 15.9. The van der Waals surface area contributed by atoms with Crippen molar-refractivity contribution in [3.05, 3.63) is 29.6 Å². The second kappa shape index (κ2) is 7.21. The van der Waals surface area contributed by atoms with E-state index in [9.17, 15) is 4.79 Å². The minimum Gasteiger partial charge on any atom is -0.383 e. The number of nitrogens with one attached hydrogen (secondary N) is 2. The van der Waals surface area contributed by atoms with E-state index in [1.54, 1.807) is 7.11 Å². The van der Waals surface area contributed by atoms with Gasteiger partial charge in [0.15, 0.2) is 0 Å². The lowest BCUT2D eigenvalue weighted by atomic mass is 10.2. The Hall–Kier alpha value is -1.46. The fourth-order valence-electron chi connectivity index (χ4n) is 2.35. The molecule has 0 aliphatic heterocycles. The van der Waals surface area contributed by atoms with Gasteiger partial charge in [0.2, 0.25) is 5.91 Å². The van der Waals surface area contributed by atoms with E-state index in [0.717, 1.165) is 18.5 Å². The normalized spacial score (nSPS) is 17.2. The van der Waals surface area contributed by atoms with Gasteiger partial charge in [-0.25, -0.2) is 0 Å². The molecule has 5 nitrogen and oxygen atoms in total. The van der Waals surface area contributed by atoms with E-state index < -0.39 is 0 Å². The molecule has 1 amide bonds. The third-order valence-electron chi connectivity index (χ3n) is 3.33. The van der Waals surface area contributed by atoms with Crippen molar-refractivity contribution in [1.29, 1.82) is 0 Å². The summed E-state index contributed by atoms with van der Waals surface area (Å²) in [5, 5.41) is 6.21. The molecule has 0 radical (unpaired) electrons. The maximum Gasteiger partial charge on any atom is 0.221 e. The minimum absolute atomic E-state index is 0.0591. The molecule has 19 heavy (non-hydrogen) atoms. The largest absolute Gasteiger partial charge is 0.383 e. The van der Waals surface area contributed by atoms with Crippen molar-refractivity contribution < 1.29 is 9.53 Å². The first-order valence-electron chi connectivity index (χ1n) is 6.74. The van der Waals surface area contributed by atoms with Crippen LogP contribution in [0, 0.1) is 0 Å². The van der Waals surface area contributed by atoms with Gasteiger partial charge >= 0.3 is 0 Å². The SMILES string of the molecule is COCCNC(=O)CCNC1CCc2cccnc21. The Morgan fingerprint density at radius 1 is 1.53 bits per heavy atom. The average Bonchev–Trinajstić information content (AvgIpc) is 2.83. The van der Waals surface area contributed by atoms with Gasteiger partial charge in [-0.15, -0.1) is 0 Å². The number of hydrogen-bond donors (Lipinski definition) is 2. The summed E-state index contributed by atoms with van der Waals surface area (Å²) in [7, 11) is 1.62. The van der Waals surface area contributed by atoms with Crippen LogP contribution in [0.2, 0.25) is 0 Å². The highest BCUT2D eigenvalue weighted by molar-refractivity contribution is 5.76. The van der Waals surface area contributed by atoms with Gasteiger partial charge in [-0.1, -0.05) is 6.07 Å². The molecular formula is C14H21N3O2. The Kier molecular flexibility index (Phi) is 5.30. The third kappa shape index (κ3) is 4.01. The second-order valence-corrected chi connectivity index (χ2v) is 4.69. The highest BCUT2D eigenvalue weighted by Crippen LogP contribution is 2.28. The summed E-state index contributed by atoms with van der Waals surface area (Å²) in [6, 6.07) is 4.40. The lowest BCUT2D eigenvalue weighted by Crippen LogP contribution is -2.31. The predicted molar refractivity (Wildman–Crippen MR) is 72.8 cm³/mol. The van der Waals surface area contributed by atoms with E-state index in [1.807, 2.05) is 12.3 Å². The Morgan fingerprint density at radius 3 is 3.26 bits per heavy atom. The van der Waals surface area contributed by atoms with Gasteiger partial charge in [-0.2, -0.15) is 0 Å². The van der Waals surface area contributed by atoms with Crippen molar-refractivity contribution in [2.24, 2.45) is 0 Å². The molecule has 1 aliphatic carbocycles. The number of nitrogens with zero attached hydrogens (tertiary/aromatic N) is 1. The molecule has 0 bridgehead atoms. The molecule has 1 aliphatic rings. The number of methoxy groups -OCH3 is 1. The molecule has 0 aromatic carbocycles. The summed E-state index contributed by atoms with van der Waals surface area (Å²) in [6.45, 7) is 1.81. The molecular weight excluding hydrogens is 242 g/mol. The summed E-state index contributed by atoms with van der Waals surface area (Å²) >= 11 is 0. The number of carbonyl (C=O) groups excluding carboxylic acids is 1. The van der Waals surface area contributed by atoms with Crippen LogP contribution in [0.1, 0.15) is 30.1 Å². The summed E-state index contributed by atoms with van der Waals surface area (Å²) < 4.78 is 4.88. The number of fused-ring (bicyclic) bond motifs is 1. The highest BCUT2D eigenvalue weighted by Gasteiger charge is 2.22. The Bertz CT molecular complexity index is 423. The van der Waals surface area contributed by atoms with E-state index in [-0.39, 0.29) is 5.91 Å². The zero-order valence-electron chi connectivity index (χ0n) is 11.3. The maximum absolute atomic E-state index is 11.5. The standard InChI is InChI=1S/C14H21N3O2/c1-19-10-9-16-13(18)6-8-15-12-5-4-11-3-2-7-17-14(11)12/h2-3,7,12,15H,4-6,8-10H2,1H3,(H,16,18). The van der Waals surface area contributed by atoms with Gasteiger partial charge in [0.05, 0.1) is 18.3 Å². The average molecular weight is 263 g/mol. The highest BCUT2D eigenvalue weighted by atomic mass is 16.5. The number of rotatable bonds is 7. The third-order valence-corrected chi connectivity index (χ3v) is 3.33. The molecule has 1 unspecified atom stereocenters. The maximum atomic E-state index is 11.5. The van der Waals surface area contributed by atoms with E-state index in [1.165, 1.54) is 5.56 Å². The van der Waals surface area contributed by atoms with Crippen molar-refractivity contribution in [3.8, 4) is 0 Å². The van der Waals surface area contributed by atoms with Crippen LogP contribution in [0.5, 0.6) is 0 Å². The van der Waals surface area contributed by atoms with Crippen molar-refractivity contribution in [3.63, 3.8) is 0 Å². The van der Waals surface area contributed by atoms with Crippen LogP contribution < -0.4 is 10.6 Å². The molecule has 0 spiro atoms. The first-order chi connectivity index (χ1) is 9.31. The van der Waals surface area contributed by atoms with Crippen molar-refractivity contribution >= 4 is 5.91 Å². The first kappa shape index (κ1) is 14.0. The van der Waals surface area contributed by atoms with Crippen molar-refractivity contribution in [2.45, 2.75) is 25.3 Å². The van der Waals surface area contributed by atoms with Crippen molar-refractivity contribution in [2.75, 3.05) is 26.8 Å². The molecule has 0 saturated heterocycles. The van der Waals surface area contributed by atoms with Crippen LogP contribution in [-0.2, 0) is 16.0 Å². The number of pyridine rings is 1. The summed E-state index contributed by atoms with van der Waals surface area (Å²) in [5.74, 6) is 0.0591. The van der Waals surface area contributed by atoms with Gasteiger partial charge in [0, 0.05) is 32.8 Å². The van der Waals surface area contributed by atoms with Crippen LogP contribution in [0.3, 0.4) is 0 Å². The Balaban J connectivity index is 1.68. The Labute approximate surface area is 113 Å². The lowest BCUT2D eigenvalue weighted by molar-refractivity contribution is -0.121. The molecule has 1 aromatic heterocycles. The smallest absolute Gasteiger partial charge is 0.221 e. The number of carbonyl (C=O) groups is 1. The van der Waals surface area contributed by atoms with Crippen LogP contribution in [0.15, 0.2) is 18.3 Å². The van der Waals surface area contributed by atoms with E-state index in [2.05, 4.69) is 21.7 Å². The first-order valence-corrected chi connectivity index (χ1v) is 6.74. The number of ether oxygens (including phenoxy) is 1.